The highest BCUT2D eigenvalue weighted by molar-refractivity contribution is 5.81. The van der Waals surface area contributed by atoms with Crippen molar-refractivity contribution in [3.05, 3.63) is 64.6 Å². The third-order valence-corrected chi connectivity index (χ3v) is 2.38. The van der Waals surface area contributed by atoms with E-state index in [9.17, 15) is 9.59 Å². The van der Waals surface area contributed by atoms with Gasteiger partial charge in [0.1, 0.15) is 0 Å². The standard InChI is InChI=1S/C13H12N4O2/c14-13(19)16-15-9-10-4-6-11(7-5-10)17-8-2-1-3-12(17)18/h1-9H,(H3,14,16,19)/b15-9-. The van der Waals surface area contributed by atoms with E-state index >= 15 is 0 Å². The number of aromatic nitrogens is 1. The number of nitrogens with one attached hydrogen (secondary N) is 1. The Kier molecular flexibility index (Phi) is 3.72. The van der Waals surface area contributed by atoms with E-state index in [0.29, 0.717) is 0 Å². The molecule has 2 rings (SSSR count). The van der Waals surface area contributed by atoms with Crippen LogP contribution in [-0.4, -0.2) is 16.8 Å². The largest absolute Gasteiger partial charge is 0.350 e. The molecule has 0 bridgehead atoms. The number of carbonyl (C=O) groups is 1. The quantitative estimate of drug-likeness (QED) is 0.629. The predicted molar refractivity (Wildman–Crippen MR) is 72.4 cm³/mol. The molecule has 0 aliphatic carbocycles. The molecule has 1 heterocycles. The van der Waals surface area contributed by atoms with Gasteiger partial charge < -0.3 is 5.73 Å². The van der Waals surface area contributed by atoms with Gasteiger partial charge in [0, 0.05) is 18.0 Å². The van der Waals surface area contributed by atoms with E-state index in [1.165, 1.54) is 16.8 Å². The third kappa shape index (κ3) is 3.29. The van der Waals surface area contributed by atoms with Crippen molar-refractivity contribution in [1.82, 2.24) is 9.99 Å². The Labute approximate surface area is 109 Å². The van der Waals surface area contributed by atoms with Crippen molar-refractivity contribution in [2.75, 3.05) is 0 Å². The molecule has 96 valence electrons. The van der Waals surface area contributed by atoms with Gasteiger partial charge in [0.15, 0.2) is 0 Å². The number of nitrogens with zero attached hydrogens (tertiary/aromatic N) is 2. The van der Waals surface area contributed by atoms with Crippen LogP contribution in [0.25, 0.3) is 5.69 Å². The number of nitrogens with two attached hydrogens (primary N) is 1. The summed E-state index contributed by atoms with van der Waals surface area (Å²) in [6.45, 7) is 0. The second kappa shape index (κ2) is 5.63. The number of primary amides is 1. The maximum absolute atomic E-state index is 11.6. The monoisotopic (exact) mass is 256 g/mol. The fourth-order valence-corrected chi connectivity index (χ4v) is 1.53. The zero-order valence-corrected chi connectivity index (χ0v) is 9.98. The summed E-state index contributed by atoms with van der Waals surface area (Å²) in [5.41, 5.74) is 8.41. The smallest absolute Gasteiger partial charge is 0.332 e. The molecule has 6 heteroatoms. The minimum Gasteiger partial charge on any atom is -0.350 e. The molecule has 0 saturated carbocycles. The molecule has 2 amide bonds. The highest BCUT2D eigenvalue weighted by Gasteiger charge is 1.97. The highest BCUT2D eigenvalue weighted by atomic mass is 16.2. The number of amides is 2. The van der Waals surface area contributed by atoms with Crippen molar-refractivity contribution in [2.24, 2.45) is 10.8 Å². The van der Waals surface area contributed by atoms with Crippen LogP contribution in [0.4, 0.5) is 4.79 Å². The average molecular weight is 256 g/mol. The normalized spacial score (nSPS) is 10.5. The molecule has 0 radical (unpaired) electrons. The summed E-state index contributed by atoms with van der Waals surface area (Å²) in [4.78, 5) is 22.1. The molecule has 0 saturated heterocycles. The number of urea groups is 1. The predicted octanol–water partition coefficient (Wildman–Crippen LogP) is 0.840. The molecule has 0 spiro atoms. The second-order valence-corrected chi connectivity index (χ2v) is 3.73. The maximum Gasteiger partial charge on any atom is 0.332 e. The number of hydrogen-bond acceptors (Lipinski definition) is 3. The van der Waals surface area contributed by atoms with E-state index in [1.54, 1.807) is 42.6 Å². The van der Waals surface area contributed by atoms with Crippen molar-refractivity contribution in [2.45, 2.75) is 0 Å². The fourth-order valence-electron chi connectivity index (χ4n) is 1.53. The zero-order valence-electron chi connectivity index (χ0n) is 9.98. The molecule has 2 aromatic rings. The number of rotatable bonds is 3. The van der Waals surface area contributed by atoms with Crippen LogP contribution in [0.15, 0.2) is 58.6 Å². The Balaban J connectivity index is 2.20. The van der Waals surface area contributed by atoms with E-state index in [-0.39, 0.29) is 5.56 Å². The molecular formula is C13H12N4O2. The van der Waals surface area contributed by atoms with Gasteiger partial charge in [0.2, 0.25) is 0 Å². The maximum atomic E-state index is 11.6. The summed E-state index contributed by atoms with van der Waals surface area (Å²) >= 11 is 0. The summed E-state index contributed by atoms with van der Waals surface area (Å²) in [7, 11) is 0. The first-order valence-corrected chi connectivity index (χ1v) is 5.53. The van der Waals surface area contributed by atoms with Gasteiger partial charge in [-0.2, -0.15) is 5.10 Å². The number of hydrazone groups is 1. The average Bonchev–Trinajstić information content (AvgIpc) is 2.40. The molecular weight excluding hydrogens is 244 g/mol. The summed E-state index contributed by atoms with van der Waals surface area (Å²) in [5.74, 6) is 0. The molecule has 6 nitrogen and oxygen atoms in total. The second-order valence-electron chi connectivity index (χ2n) is 3.73. The molecule has 0 fully saturated rings. The van der Waals surface area contributed by atoms with Crippen LogP contribution in [0.5, 0.6) is 0 Å². The van der Waals surface area contributed by atoms with Crippen LogP contribution in [0.3, 0.4) is 0 Å². The van der Waals surface area contributed by atoms with Gasteiger partial charge >= 0.3 is 6.03 Å². The van der Waals surface area contributed by atoms with Gasteiger partial charge in [-0.05, 0) is 23.8 Å². The first-order valence-electron chi connectivity index (χ1n) is 5.53. The number of hydrogen-bond donors (Lipinski definition) is 2. The van der Waals surface area contributed by atoms with E-state index < -0.39 is 6.03 Å². The summed E-state index contributed by atoms with van der Waals surface area (Å²) in [6.07, 6.45) is 3.16. The summed E-state index contributed by atoms with van der Waals surface area (Å²) < 4.78 is 1.53. The molecule has 0 atom stereocenters. The Bertz CT molecular complexity index is 659. The Morgan fingerprint density at radius 1 is 1.21 bits per heavy atom. The Morgan fingerprint density at radius 2 is 1.95 bits per heavy atom. The SMILES string of the molecule is NC(=O)N/N=C\c1ccc(-n2ccccc2=O)cc1. The van der Waals surface area contributed by atoms with Crippen molar-refractivity contribution >= 4 is 12.2 Å². The van der Waals surface area contributed by atoms with Crippen molar-refractivity contribution in [1.29, 1.82) is 0 Å². The minimum absolute atomic E-state index is 0.0979. The molecule has 3 N–H and O–H groups in total. The van der Waals surface area contributed by atoms with Crippen LogP contribution < -0.4 is 16.7 Å². The lowest BCUT2D eigenvalue weighted by Gasteiger charge is -2.04. The lowest BCUT2D eigenvalue weighted by Crippen LogP contribution is -2.24. The van der Waals surface area contributed by atoms with Gasteiger partial charge in [0.25, 0.3) is 5.56 Å². The number of benzene rings is 1. The van der Waals surface area contributed by atoms with Gasteiger partial charge in [-0.3, -0.25) is 9.36 Å². The highest BCUT2D eigenvalue weighted by Crippen LogP contribution is 2.06. The van der Waals surface area contributed by atoms with Crippen LogP contribution in [0, 0.1) is 0 Å². The Hall–Kier alpha value is -2.89. The van der Waals surface area contributed by atoms with E-state index in [2.05, 4.69) is 10.5 Å². The fraction of sp³-hybridized carbons (Fsp3) is 0. The van der Waals surface area contributed by atoms with E-state index in [4.69, 9.17) is 5.73 Å². The third-order valence-electron chi connectivity index (χ3n) is 2.38. The van der Waals surface area contributed by atoms with Gasteiger partial charge in [-0.15, -0.1) is 0 Å². The van der Waals surface area contributed by atoms with E-state index in [0.717, 1.165) is 11.3 Å². The van der Waals surface area contributed by atoms with Gasteiger partial charge in [-0.25, -0.2) is 10.2 Å². The van der Waals surface area contributed by atoms with Crippen LogP contribution in [0.2, 0.25) is 0 Å². The van der Waals surface area contributed by atoms with Crippen LogP contribution in [-0.2, 0) is 0 Å². The minimum atomic E-state index is -0.719. The first kappa shape index (κ1) is 12.6. The van der Waals surface area contributed by atoms with Crippen molar-refractivity contribution in [3.8, 4) is 5.69 Å². The van der Waals surface area contributed by atoms with Crippen LogP contribution in [0.1, 0.15) is 5.56 Å². The molecule has 1 aromatic carbocycles. The van der Waals surface area contributed by atoms with Crippen molar-refractivity contribution in [3.63, 3.8) is 0 Å². The molecule has 0 aliphatic rings. The first-order chi connectivity index (χ1) is 9.16. The summed E-state index contributed by atoms with van der Waals surface area (Å²) in [6, 6.07) is 11.4. The topological polar surface area (TPSA) is 89.5 Å². The molecule has 1 aromatic heterocycles. The van der Waals surface area contributed by atoms with Crippen molar-refractivity contribution < 1.29 is 4.79 Å². The molecule has 19 heavy (non-hydrogen) atoms. The molecule has 0 aliphatic heterocycles. The Morgan fingerprint density at radius 3 is 2.58 bits per heavy atom. The number of carbonyl (C=O) groups excluding carboxylic acids is 1. The van der Waals surface area contributed by atoms with Gasteiger partial charge in [0.05, 0.1) is 6.21 Å². The van der Waals surface area contributed by atoms with E-state index in [1.807, 2.05) is 0 Å². The van der Waals surface area contributed by atoms with Gasteiger partial charge in [-0.1, -0.05) is 18.2 Å². The zero-order chi connectivity index (χ0) is 13.7. The lowest BCUT2D eigenvalue weighted by molar-refractivity contribution is 0.249. The molecule has 0 unspecified atom stereocenters. The lowest BCUT2D eigenvalue weighted by atomic mass is 10.2. The summed E-state index contributed by atoms with van der Waals surface area (Å²) in [5, 5.41) is 3.64. The van der Waals surface area contributed by atoms with Crippen LogP contribution >= 0.6 is 0 Å². The number of pyridine rings is 1.